The van der Waals surface area contributed by atoms with Crippen LogP contribution in [0.15, 0.2) is 84.2 Å². The number of rotatable bonds is 9. The lowest BCUT2D eigenvalue weighted by Crippen LogP contribution is -2.45. The molecule has 1 amide bonds. The van der Waals surface area contributed by atoms with Crippen LogP contribution in [0.4, 0.5) is 18.9 Å². The summed E-state index contributed by atoms with van der Waals surface area (Å²) in [7, 11) is 0. The number of amides is 1. The van der Waals surface area contributed by atoms with Crippen LogP contribution in [-0.2, 0) is 6.18 Å². The van der Waals surface area contributed by atoms with Crippen molar-refractivity contribution in [1.29, 1.82) is 0 Å². The number of benzene rings is 1. The number of pyridine rings is 1. The highest BCUT2D eigenvalue weighted by Crippen LogP contribution is 2.31. The van der Waals surface area contributed by atoms with Crippen molar-refractivity contribution in [3.63, 3.8) is 0 Å². The van der Waals surface area contributed by atoms with Gasteiger partial charge in [0.25, 0.3) is 5.91 Å². The molecule has 1 N–H and O–H groups in total. The molecule has 2 saturated heterocycles. The quantitative estimate of drug-likeness (QED) is 0.259. The Morgan fingerprint density at radius 2 is 1.73 bits per heavy atom. The molecule has 1 aromatic carbocycles. The van der Waals surface area contributed by atoms with E-state index in [2.05, 4.69) is 58.3 Å². The van der Waals surface area contributed by atoms with Crippen LogP contribution in [0, 0.1) is 0 Å². The molecule has 5 rings (SSSR count). The Hall–Kier alpha value is -4.05. The Labute approximate surface area is 263 Å². The molecule has 0 spiro atoms. The van der Waals surface area contributed by atoms with Crippen molar-refractivity contribution in [3.8, 4) is 5.75 Å². The minimum atomic E-state index is -4.34. The number of carbonyl (C=O) groups excluding carboxylic acids is 1. The van der Waals surface area contributed by atoms with Crippen molar-refractivity contribution in [1.82, 2.24) is 19.6 Å². The average Bonchev–Trinajstić information content (AvgIpc) is 3.45. The zero-order valence-electron chi connectivity index (χ0n) is 26.2. The Balaban J connectivity index is 1.10. The number of anilines is 1. The maximum absolute atomic E-state index is 13.1. The van der Waals surface area contributed by atoms with Crippen LogP contribution in [0.25, 0.3) is 5.65 Å². The van der Waals surface area contributed by atoms with Crippen molar-refractivity contribution in [2.45, 2.75) is 64.8 Å². The maximum Gasteiger partial charge on any atom is 0.416 e. The highest BCUT2D eigenvalue weighted by molar-refractivity contribution is 5.93. The van der Waals surface area contributed by atoms with Crippen molar-refractivity contribution < 1.29 is 22.7 Å². The molecule has 10 heteroatoms. The van der Waals surface area contributed by atoms with Gasteiger partial charge in [-0.05, 0) is 69.5 Å². The maximum atomic E-state index is 13.1. The van der Waals surface area contributed by atoms with Gasteiger partial charge in [-0.25, -0.2) is 4.98 Å². The van der Waals surface area contributed by atoms with Gasteiger partial charge in [0.2, 0.25) is 0 Å². The van der Waals surface area contributed by atoms with Crippen LogP contribution in [0.3, 0.4) is 0 Å². The van der Waals surface area contributed by atoms with E-state index in [-0.39, 0.29) is 18.1 Å². The van der Waals surface area contributed by atoms with E-state index in [4.69, 9.17) is 4.74 Å². The second kappa shape index (κ2) is 14.4. The number of ether oxygens (including phenoxy) is 1. The third-order valence-electron chi connectivity index (χ3n) is 8.31. The summed E-state index contributed by atoms with van der Waals surface area (Å²) >= 11 is 0. The van der Waals surface area contributed by atoms with E-state index in [1.54, 1.807) is 6.20 Å². The zero-order valence-corrected chi connectivity index (χ0v) is 26.2. The number of piperidine rings is 2. The number of carbonyl (C=O) groups is 1. The van der Waals surface area contributed by atoms with E-state index < -0.39 is 11.7 Å². The van der Waals surface area contributed by atoms with Crippen molar-refractivity contribution in [2.24, 2.45) is 0 Å². The first-order chi connectivity index (χ1) is 21.6. The molecule has 0 radical (unpaired) electrons. The number of allylic oxidation sites excluding steroid dienone is 4. The van der Waals surface area contributed by atoms with E-state index in [1.165, 1.54) is 23.3 Å². The smallest absolute Gasteiger partial charge is 0.416 e. The van der Waals surface area contributed by atoms with Crippen LogP contribution < -0.4 is 15.0 Å². The highest BCUT2D eigenvalue weighted by Gasteiger charge is 2.30. The molecule has 0 unspecified atom stereocenters. The van der Waals surface area contributed by atoms with Gasteiger partial charge in [-0.15, -0.1) is 0 Å². The summed E-state index contributed by atoms with van der Waals surface area (Å²) in [5.74, 6) is 0.504. The summed E-state index contributed by atoms with van der Waals surface area (Å²) in [6, 6.07) is 9.12. The predicted molar refractivity (Wildman–Crippen MR) is 172 cm³/mol. The predicted octanol–water partition coefficient (Wildman–Crippen LogP) is 7.06. The Morgan fingerprint density at radius 3 is 2.38 bits per heavy atom. The first-order valence-corrected chi connectivity index (χ1v) is 15.6. The van der Waals surface area contributed by atoms with Gasteiger partial charge in [0.15, 0.2) is 0 Å². The minimum absolute atomic E-state index is 0.0152. The topological polar surface area (TPSA) is 62.1 Å². The molecule has 7 nitrogen and oxygen atoms in total. The number of alkyl halides is 3. The SMILES string of the molecule is C/C=C\C(=C/C=C(C)C)CN1CCC(NC(=O)c2cn3ccc(OC4CCN(c5ccc(C(F)(F)F)cc5)CC4)cc3n2)CC1. The first kappa shape index (κ1) is 32.3. The van der Waals surface area contributed by atoms with Crippen LogP contribution >= 0.6 is 0 Å². The fraction of sp³-hybridized carbons (Fsp3) is 0.429. The average molecular weight is 622 g/mol. The van der Waals surface area contributed by atoms with Crippen molar-refractivity contribution in [3.05, 3.63) is 95.5 Å². The van der Waals surface area contributed by atoms with Crippen LogP contribution in [0.2, 0.25) is 0 Å². The van der Waals surface area contributed by atoms with Crippen LogP contribution in [0.5, 0.6) is 5.75 Å². The van der Waals surface area contributed by atoms with Crippen LogP contribution in [0.1, 0.15) is 62.5 Å². The molecule has 4 heterocycles. The summed E-state index contributed by atoms with van der Waals surface area (Å²) in [4.78, 5) is 22.2. The fourth-order valence-electron chi connectivity index (χ4n) is 5.83. The number of halogens is 3. The number of aromatic nitrogens is 2. The molecule has 0 aliphatic carbocycles. The number of likely N-dealkylation sites (tertiary alicyclic amines) is 1. The standard InChI is InChI=1S/C35H42F3N5O2/c1-4-5-26(7-6-25(2)3)23-41-17-12-28(13-18-41)39-34(44)32-24-43-21-16-31(22-33(43)40-32)45-30-14-19-42(20-15-30)29-10-8-27(9-11-29)35(36,37)38/h4-11,16,21-22,24,28,30H,12-15,17-20,23H2,1-3H3,(H,39,44)/b5-4-,26-7+. The summed E-state index contributed by atoms with van der Waals surface area (Å²) in [6.45, 7) is 10.3. The number of hydrogen-bond donors (Lipinski definition) is 1. The number of nitrogens with one attached hydrogen (secondary N) is 1. The van der Waals surface area contributed by atoms with Crippen LogP contribution in [-0.4, -0.2) is 65.1 Å². The van der Waals surface area contributed by atoms with Gasteiger partial charge in [-0.1, -0.05) is 29.9 Å². The van der Waals surface area contributed by atoms with E-state index in [9.17, 15) is 18.0 Å². The molecular weight excluding hydrogens is 579 g/mol. The minimum Gasteiger partial charge on any atom is -0.490 e. The summed E-state index contributed by atoms with van der Waals surface area (Å²) in [5.41, 5.74) is 3.69. The number of hydrogen-bond acceptors (Lipinski definition) is 5. The van der Waals surface area contributed by atoms with Crippen molar-refractivity contribution >= 4 is 17.2 Å². The molecule has 2 aromatic heterocycles. The molecular formula is C35H42F3N5O2. The van der Waals surface area contributed by atoms with Gasteiger partial charge in [0, 0.05) is 75.8 Å². The third-order valence-corrected chi connectivity index (χ3v) is 8.31. The molecule has 2 aliphatic rings. The molecule has 3 aromatic rings. The molecule has 45 heavy (non-hydrogen) atoms. The number of imidazole rings is 1. The number of fused-ring (bicyclic) bond motifs is 1. The molecule has 2 fully saturated rings. The second-order valence-corrected chi connectivity index (χ2v) is 12.1. The molecule has 0 saturated carbocycles. The van der Waals surface area contributed by atoms with Crippen molar-refractivity contribution in [2.75, 3.05) is 37.6 Å². The lowest BCUT2D eigenvalue weighted by molar-refractivity contribution is -0.137. The van der Waals surface area contributed by atoms with Gasteiger partial charge in [0.05, 0.1) is 5.56 Å². The summed E-state index contributed by atoms with van der Waals surface area (Å²) in [6.07, 6.45) is 11.0. The summed E-state index contributed by atoms with van der Waals surface area (Å²) < 4.78 is 46.7. The van der Waals surface area contributed by atoms with E-state index >= 15 is 0 Å². The monoisotopic (exact) mass is 621 g/mol. The lowest BCUT2D eigenvalue weighted by atomic mass is 10.0. The van der Waals surface area contributed by atoms with Gasteiger partial charge < -0.3 is 19.4 Å². The first-order valence-electron chi connectivity index (χ1n) is 15.6. The molecule has 0 bridgehead atoms. The van der Waals surface area contributed by atoms with Gasteiger partial charge >= 0.3 is 6.18 Å². The normalized spacial score (nSPS) is 17.6. The number of nitrogens with zero attached hydrogens (tertiary/aromatic N) is 4. The zero-order chi connectivity index (χ0) is 32.0. The van der Waals surface area contributed by atoms with E-state index in [0.717, 1.165) is 63.1 Å². The summed E-state index contributed by atoms with van der Waals surface area (Å²) in [5, 5.41) is 3.17. The van der Waals surface area contributed by atoms with E-state index in [0.29, 0.717) is 30.2 Å². The Bertz CT molecular complexity index is 1540. The van der Waals surface area contributed by atoms with Gasteiger partial charge in [-0.2, -0.15) is 13.2 Å². The molecule has 2 aliphatic heterocycles. The Kier molecular flexibility index (Phi) is 10.3. The van der Waals surface area contributed by atoms with Gasteiger partial charge in [-0.3, -0.25) is 9.69 Å². The largest absolute Gasteiger partial charge is 0.490 e. The fourth-order valence-corrected chi connectivity index (χ4v) is 5.83. The Morgan fingerprint density at radius 1 is 1.02 bits per heavy atom. The third kappa shape index (κ3) is 8.78. The van der Waals surface area contributed by atoms with Gasteiger partial charge in [0.1, 0.15) is 23.2 Å². The van der Waals surface area contributed by atoms with E-state index in [1.807, 2.05) is 29.7 Å². The molecule has 0 atom stereocenters. The highest BCUT2D eigenvalue weighted by atomic mass is 19.4. The molecule has 240 valence electrons. The second-order valence-electron chi connectivity index (χ2n) is 12.1. The lowest BCUT2D eigenvalue weighted by Gasteiger charge is -2.33.